The predicted octanol–water partition coefficient (Wildman–Crippen LogP) is -0.269. The Balaban J connectivity index is 1.82. The van der Waals surface area contributed by atoms with E-state index in [-0.39, 0.29) is 12.1 Å². The van der Waals surface area contributed by atoms with Crippen molar-refractivity contribution in [3.8, 4) is 0 Å². The Bertz CT molecular complexity index is 339. The second-order valence-corrected chi connectivity index (χ2v) is 5.45. The number of thiocarbonyl (C=S) groups is 1. The van der Waals surface area contributed by atoms with Crippen LogP contribution in [0.25, 0.3) is 0 Å². The summed E-state index contributed by atoms with van der Waals surface area (Å²) >= 11 is 5.02. The summed E-state index contributed by atoms with van der Waals surface area (Å²) < 4.78 is 5.26. The number of urea groups is 1. The molecule has 0 aromatic carbocycles. The molecule has 0 saturated carbocycles. The molecule has 2 saturated heterocycles. The number of morpholine rings is 1. The monoisotopic (exact) mass is 286 g/mol. The molecule has 1 unspecified atom stereocenters. The van der Waals surface area contributed by atoms with E-state index in [0.29, 0.717) is 31.3 Å². The van der Waals surface area contributed by atoms with Crippen LogP contribution in [0.3, 0.4) is 0 Å². The summed E-state index contributed by atoms with van der Waals surface area (Å²) in [6.45, 7) is 7.83. The number of hydrogen-bond acceptors (Lipinski definition) is 4. The molecule has 0 aromatic rings. The lowest BCUT2D eigenvalue weighted by atomic mass is 10.2. The lowest BCUT2D eigenvalue weighted by Gasteiger charge is -2.40. The maximum absolute atomic E-state index is 12.3. The van der Waals surface area contributed by atoms with Crippen molar-refractivity contribution in [2.45, 2.75) is 13.0 Å². The zero-order valence-electron chi connectivity index (χ0n) is 11.4. The van der Waals surface area contributed by atoms with E-state index in [2.05, 4.69) is 4.90 Å². The Morgan fingerprint density at radius 2 is 1.63 bits per heavy atom. The fourth-order valence-electron chi connectivity index (χ4n) is 2.44. The van der Waals surface area contributed by atoms with E-state index in [9.17, 15) is 4.79 Å². The SMILES string of the molecule is CC(C(N)=S)N1CCN(C(=O)N2CCOCC2)CC1. The van der Waals surface area contributed by atoms with Gasteiger partial charge in [0.25, 0.3) is 0 Å². The lowest BCUT2D eigenvalue weighted by molar-refractivity contribution is 0.0370. The summed E-state index contributed by atoms with van der Waals surface area (Å²) in [6, 6.07) is 0.238. The number of ether oxygens (including phenoxy) is 1. The van der Waals surface area contributed by atoms with Crippen molar-refractivity contribution in [3.05, 3.63) is 0 Å². The van der Waals surface area contributed by atoms with Crippen molar-refractivity contribution in [2.24, 2.45) is 5.73 Å². The Morgan fingerprint density at radius 3 is 2.16 bits per heavy atom. The standard InChI is InChI=1S/C12H22N4O2S/c1-10(11(13)19)14-2-4-15(5-3-14)12(17)16-6-8-18-9-7-16/h10H,2-9H2,1H3,(H2,13,19). The first-order valence-electron chi connectivity index (χ1n) is 6.74. The third-order valence-corrected chi connectivity index (χ3v) is 4.17. The molecule has 2 amide bonds. The van der Waals surface area contributed by atoms with Gasteiger partial charge in [-0.2, -0.15) is 0 Å². The fourth-order valence-corrected chi connectivity index (χ4v) is 2.58. The summed E-state index contributed by atoms with van der Waals surface area (Å²) in [6.07, 6.45) is 0. The molecular formula is C12H22N4O2S. The van der Waals surface area contributed by atoms with Gasteiger partial charge in [-0.1, -0.05) is 12.2 Å². The van der Waals surface area contributed by atoms with Crippen LogP contribution in [0.5, 0.6) is 0 Å². The minimum Gasteiger partial charge on any atom is -0.392 e. The number of amides is 2. The van der Waals surface area contributed by atoms with Crippen molar-refractivity contribution < 1.29 is 9.53 Å². The first kappa shape index (κ1) is 14.5. The largest absolute Gasteiger partial charge is 0.392 e. The van der Waals surface area contributed by atoms with Gasteiger partial charge in [0.15, 0.2) is 0 Å². The van der Waals surface area contributed by atoms with Crippen molar-refractivity contribution in [2.75, 3.05) is 52.5 Å². The zero-order chi connectivity index (χ0) is 13.8. The van der Waals surface area contributed by atoms with Crippen LogP contribution in [0.15, 0.2) is 0 Å². The summed E-state index contributed by atoms with van der Waals surface area (Å²) in [7, 11) is 0. The molecule has 2 N–H and O–H groups in total. The molecule has 2 aliphatic heterocycles. The van der Waals surface area contributed by atoms with Gasteiger partial charge in [-0.3, -0.25) is 4.90 Å². The summed E-state index contributed by atoms with van der Waals surface area (Å²) in [5.74, 6) is 0. The molecule has 19 heavy (non-hydrogen) atoms. The highest BCUT2D eigenvalue weighted by Gasteiger charge is 2.28. The normalized spacial score (nSPS) is 23.2. The van der Waals surface area contributed by atoms with E-state index in [0.717, 1.165) is 26.2 Å². The lowest BCUT2D eigenvalue weighted by Crippen LogP contribution is -2.57. The average Bonchev–Trinajstić information content (AvgIpc) is 2.46. The number of nitrogens with zero attached hydrogens (tertiary/aromatic N) is 3. The van der Waals surface area contributed by atoms with Gasteiger partial charge in [-0.25, -0.2) is 4.79 Å². The Morgan fingerprint density at radius 1 is 1.11 bits per heavy atom. The minimum atomic E-state index is 0.107. The molecule has 2 aliphatic rings. The maximum atomic E-state index is 12.3. The number of rotatable bonds is 2. The van der Waals surface area contributed by atoms with Crippen molar-refractivity contribution in [3.63, 3.8) is 0 Å². The summed E-state index contributed by atoms with van der Waals surface area (Å²) in [5, 5.41) is 0. The van der Waals surface area contributed by atoms with Gasteiger partial charge in [-0.15, -0.1) is 0 Å². The third-order valence-electron chi connectivity index (χ3n) is 3.83. The maximum Gasteiger partial charge on any atom is 0.320 e. The van der Waals surface area contributed by atoms with Crippen LogP contribution in [0.1, 0.15) is 6.92 Å². The van der Waals surface area contributed by atoms with Crippen LogP contribution in [-0.4, -0.2) is 84.2 Å². The number of carbonyl (C=O) groups excluding carboxylic acids is 1. The zero-order valence-corrected chi connectivity index (χ0v) is 12.2. The van der Waals surface area contributed by atoms with Crippen LogP contribution in [0.4, 0.5) is 4.79 Å². The van der Waals surface area contributed by atoms with Crippen molar-refractivity contribution in [1.82, 2.24) is 14.7 Å². The molecule has 2 rings (SSSR count). The van der Waals surface area contributed by atoms with E-state index in [1.54, 1.807) is 0 Å². The molecule has 0 aromatic heterocycles. The van der Waals surface area contributed by atoms with E-state index in [1.165, 1.54) is 0 Å². The molecule has 0 radical (unpaired) electrons. The minimum absolute atomic E-state index is 0.107. The predicted molar refractivity (Wildman–Crippen MR) is 77.2 cm³/mol. The summed E-state index contributed by atoms with van der Waals surface area (Å²) in [4.78, 5) is 18.8. The second kappa shape index (κ2) is 6.49. The van der Waals surface area contributed by atoms with Crippen LogP contribution < -0.4 is 5.73 Å². The number of piperazine rings is 1. The first-order valence-corrected chi connectivity index (χ1v) is 7.15. The van der Waals surface area contributed by atoms with Gasteiger partial charge in [0.05, 0.1) is 24.2 Å². The molecule has 6 nitrogen and oxygen atoms in total. The molecule has 1 atom stereocenters. The van der Waals surface area contributed by atoms with Crippen LogP contribution in [0.2, 0.25) is 0 Å². The fraction of sp³-hybridized carbons (Fsp3) is 0.833. The van der Waals surface area contributed by atoms with Gasteiger partial charge in [0, 0.05) is 39.3 Å². The van der Waals surface area contributed by atoms with E-state index >= 15 is 0 Å². The van der Waals surface area contributed by atoms with Gasteiger partial charge >= 0.3 is 6.03 Å². The van der Waals surface area contributed by atoms with E-state index in [1.807, 2.05) is 16.7 Å². The quantitative estimate of drug-likeness (QED) is 0.708. The van der Waals surface area contributed by atoms with Crippen molar-refractivity contribution >= 4 is 23.2 Å². The highest BCUT2D eigenvalue weighted by atomic mass is 32.1. The third kappa shape index (κ3) is 3.55. The van der Waals surface area contributed by atoms with E-state index < -0.39 is 0 Å². The number of nitrogens with two attached hydrogens (primary N) is 1. The molecule has 2 heterocycles. The Labute approximate surface area is 119 Å². The number of hydrogen-bond donors (Lipinski definition) is 1. The molecule has 0 spiro atoms. The van der Waals surface area contributed by atoms with Gasteiger partial charge in [-0.05, 0) is 6.92 Å². The number of carbonyl (C=O) groups is 1. The highest BCUT2D eigenvalue weighted by Crippen LogP contribution is 2.10. The Hall–Kier alpha value is -0.920. The van der Waals surface area contributed by atoms with Crippen LogP contribution in [0, 0.1) is 0 Å². The summed E-state index contributed by atoms with van der Waals surface area (Å²) in [5.41, 5.74) is 5.67. The molecule has 108 valence electrons. The Kier molecular flexibility index (Phi) is 4.95. The van der Waals surface area contributed by atoms with Crippen LogP contribution in [-0.2, 0) is 4.74 Å². The van der Waals surface area contributed by atoms with Gasteiger partial charge in [0.2, 0.25) is 0 Å². The highest BCUT2D eigenvalue weighted by molar-refractivity contribution is 7.80. The van der Waals surface area contributed by atoms with Gasteiger partial charge < -0.3 is 20.3 Å². The van der Waals surface area contributed by atoms with E-state index in [4.69, 9.17) is 22.7 Å². The topological polar surface area (TPSA) is 62.0 Å². The van der Waals surface area contributed by atoms with Crippen LogP contribution >= 0.6 is 12.2 Å². The average molecular weight is 286 g/mol. The second-order valence-electron chi connectivity index (χ2n) is 4.98. The first-order chi connectivity index (χ1) is 9.09. The molecule has 7 heteroatoms. The molecular weight excluding hydrogens is 264 g/mol. The van der Waals surface area contributed by atoms with Gasteiger partial charge in [0.1, 0.15) is 0 Å². The molecule has 0 aliphatic carbocycles. The molecule has 2 fully saturated rings. The van der Waals surface area contributed by atoms with Crippen molar-refractivity contribution in [1.29, 1.82) is 0 Å². The molecule has 0 bridgehead atoms. The smallest absolute Gasteiger partial charge is 0.320 e.